The number of carbonyl (C=O) groups is 3. The molecule has 0 aromatic heterocycles. The Kier molecular flexibility index (Phi) is 5.03. The molecule has 7 nitrogen and oxygen atoms in total. The highest BCUT2D eigenvalue weighted by Crippen LogP contribution is 2.43. The summed E-state index contributed by atoms with van der Waals surface area (Å²) in [5.74, 6) is -0.868. The minimum Gasteiger partial charge on any atom is -0.481 e. The van der Waals surface area contributed by atoms with Gasteiger partial charge < -0.3 is 21.1 Å². The van der Waals surface area contributed by atoms with Crippen molar-refractivity contribution < 1.29 is 19.5 Å². The Morgan fingerprint density at radius 3 is 2.38 bits per heavy atom. The molecule has 0 aromatic rings. The minimum atomic E-state index is -0.825. The number of carboxylic acids is 1. The number of rotatable bonds is 8. The Bertz CT molecular complexity index is 416. The van der Waals surface area contributed by atoms with Crippen molar-refractivity contribution in [3.63, 3.8) is 0 Å². The van der Waals surface area contributed by atoms with Gasteiger partial charge in [-0.25, -0.2) is 4.79 Å². The van der Waals surface area contributed by atoms with E-state index in [1.165, 1.54) is 0 Å². The third-order valence-corrected chi connectivity index (χ3v) is 4.14. The largest absolute Gasteiger partial charge is 0.481 e. The van der Waals surface area contributed by atoms with Crippen molar-refractivity contribution in [3.8, 4) is 0 Å². The van der Waals surface area contributed by atoms with Crippen LogP contribution in [0.15, 0.2) is 0 Å². The maximum Gasteiger partial charge on any atom is 0.314 e. The second-order valence-electron chi connectivity index (χ2n) is 6.13. The van der Waals surface area contributed by atoms with Crippen LogP contribution in [0.25, 0.3) is 0 Å². The lowest BCUT2D eigenvalue weighted by Gasteiger charge is -2.40. The second kappa shape index (κ2) is 6.78. The number of carboxylic acid groups (broad SMARTS) is 1. The Morgan fingerprint density at radius 1 is 1.14 bits per heavy atom. The van der Waals surface area contributed by atoms with E-state index in [4.69, 9.17) is 5.11 Å². The van der Waals surface area contributed by atoms with Gasteiger partial charge in [-0.3, -0.25) is 9.59 Å². The van der Waals surface area contributed by atoms with Crippen molar-refractivity contribution in [1.29, 1.82) is 0 Å². The van der Waals surface area contributed by atoms with E-state index in [-0.39, 0.29) is 36.7 Å². The van der Waals surface area contributed by atoms with E-state index in [1.54, 1.807) is 0 Å². The van der Waals surface area contributed by atoms with Gasteiger partial charge in [0, 0.05) is 25.6 Å². The van der Waals surface area contributed by atoms with Gasteiger partial charge in [0.05, 0.1) is 6.42 Å². The fourth-order valence-corrected chi connectivity index (χ4v) is 2.56. The van der Waals surface area contributed by atoms with Crippen LogP contribution in [0.2, 0.25) is 0 Å². The Hall–Kier alpha value is -1.79. The average Bonchev–Trinajstić information content (AvgIpc) is 3.15. The van der Waals surface area contributed by atoms with Crippen LogP contribution in [0, 0.1) is 5.41 Å². The highest BCUT2D eigenvalue weighted by molar-refractivity contribution is 5.78. The van der Waals surface area contributed by atoms with Crippen LogP contribution < -0.4 is 16.0 Å². The van der Waals surface area contributed by atoms with Crippen LogP contribution in [-0.2, 0) is 9.59 Å². The summed E-state index contributed by atoms with van der Waals surface area (Å²) in [6.45, 7) is 0.662. The maximum absolute atomic E-state index is 11.6. The van der Waals surface area contributed by atoms with E-state index in [2.05, 4.69) is 16.0 Å². The summed E-state index contributed by atoms with van der Waals surface area (Å²) in [4.78, 5) is 33.9. The number of carbonyl (C=O) groups excluding carboxylic acids is 2. The van der Waals surface area contributed by atoms with Crippen LogP contribution in [0.3, 0.4) is 0 Å². The molecule has 0 bridgehead atoms. The normalized spacial score (nSPS) is 19.2. The molecule has 3 amide bonds. The minimum absolute atomic E-state index is 0.0425. The van der Waals surface area contributed by atoms with Gasteiger partial charge in [0.1, 0.15) is 0 Å². The molecule has 0 radical (unpaired) electrons. The first-order valence-corrected chi connectivity index (χ1v) is 7.52. The van der Waals surface area contributed by atoms with Crippen LogP contribution >= 0.6 is 0 Å². The zero-order valence-electron chi connectivity index (χ0n) is 12.1. The Morgan fingerprint density at radius 2 is 1.86 bits per heavy atom. The summed E-state index contributed by atoms with van der Waals surface area (Å²) in [6, 6.07) is -0.00768. The third-order valence-electron chi connectivity index (χ3n) is 4.14. The number of nitrogens with one attached hydrogen (secondary N) is 3. The number of hydrogen-bond acceptors (Lipinski definition) is 3. The van der Waals surface area contributed by atoms with Crippen molar-refractivity contribution in [1.82, 2.24) is 16.0 Å². The number of aliphatic carboxylic acids is 1. The summed E-state index contributed by atoms with van der Waals surface area (Å²) in [5, 5.41) is 17.1. The van der Waals surface area contributed by atoms with Crippen molar-refractivity contribution in [2.24, 2.45) is 5.41 Å². The summed E-state index contributed by atoms with van der Waals surface area (Å²) < 4.78 is 0. The zero-order valence-corrected chi connectivity index (χ0v) is 12.1. The Labute approximate surface area is 123 Å². The van der Waals surface area contributed by atoms with Crippen LogP contribution in [0.1, 0.15) is 44.9 Å². The molecule has 0 unspecified atom stereocenters. The predicted molar refractivity (Wildman–Crippen MR) is 75.7 cm³/mol. The molecule has 118 valence electrons. The van der Waals surface area contributed by atoms with Crippen molar-refractivity contribution in [2.45, 2.75) is 51.0 Å². The number of amides is 3. The second-order valence-corrected chi connectivity index (χ2v) is 6.13. The highest BCUT2D eigenvalue weighted by Gasteiger charge is 2.39. The molecule has 2 fully saturated rings. The molecule has 0 heterocycles. The molecular formula is C14H23N3O4. The van der Waals surface area contributed by atoms with E-state index in [0.717, 1.165) is 32.1 Å². The molecule has 0 saturated heterocycles. The molecule has 0 spiro atoms. The molecule has 0 aliphatic heterocycles. The van der Waals surface area contributed by atoms with E-state index < -0.39 is 5.97 Å². The summed E-state index contributed by atoms with van der Waals surface area (Å²) in [5.41, 5.74) is -0.285. The third kappa shape index (κ3) is 5.24. The summed E-state index contributed by atoms with van der Waals surface area (Å²) >= 11 is 0. The molecule has 4 N–H and O–H groups in total. The monoisotopic (exact) mass is 297 g/mol. The van der Waals surface area contributed by atoms with Gasteiger partial charge in [0.2, 0.25) is 5.91 Å². The standard InChI is InChI=1S/C14H23N3O4/c18-11(17-10-2-3-10)4-7-15-13(21)16-9-14(5-1-6-14)8-12(19)20/h10H,1-9H2,(H,17,18)(H,19,20)(H2,15,16,21). The fourth-order valence-electron chi connectivity index (χ4n) is 2.56. The molecule has 7 heteroatoms. The van der Waals surface area contributed by atoms with Gasteiger partial charge in [0.25, 0.3) is 0 Å². The summed E-state index contributed by atoms with van der Waals surface area (Å²) in [7, 11) is 0. The zero-order chi connectivity index (χ0) is 15.3. The molecule has 2 rings (SSSR count). The van der Waals surface area contributed by atoms with Crippen molar-refractivity contribution in [2.75, 3.05) is 13.1 Å². The SMILES string of the molecule is O=C(O)CC1(CNC(=O)NCCC(=O)NC2CC2)CCC1. The lowest BCUT2D eigenvalue weighted by Crippen LogP contribution is -2.47. The molecule has 2 aliphatic rings. The topological polar surface area (TPSA) is 108 Å². The first-order valence-electron chi connectivity index (χ1n) is 7.52. The lowest BCUT2D eigenvalue weighted by atomic mass is 9.66. The molecule has 2 aliphatic carbocycles. The van der Waals surface area contributed by atoms with Crippen molar-refractivity contribution in [3.05, 3.63) is 0 Å². The first-order chi connectivity index (χ1) is 9.99. The quantitative estimate of drug-likeness (QED) is 0.526. The smallest absolute Gasteiger partial charge is 0.314 e. The highest BCUT2D eigenvalue weighted by atomic mass is 16.4. The number of hydrogen-bond donors (Lipinski definition) is 4. The first kappa shape index (κ1) is 15.6. The summed E-state index contributed by atoms with van der Waals surface area (Å²) in [6.07, 6.45) is 5.14. The van der Waals surface area contributed by atoms with Crippen LogP contribution in [0.4, 0.5) is 4.79 Å². The van der Waals surface area contributed by atoms with Gasteiger partial charge in [-0.2, -0.15) is 0 Å². The molecule has 0 atom stereocenters. The molecular weight excluding hydrogens is 274 g/mol. The van der Waals surface area contributed by atoms with Gasteiger partial charge in [-0.15, -0.1) is 0 Å². The van der Waals surface area contributed by atoms with E-state index >= 15 is 0 Å². The van der Waals surface area contributed by atoms with E-state index in [9.17, 15) is 14.4 Å². The van der Waals surface area contributed by atoms with Crippen LogP contribution in [0.5, 0.6) is 0 Å². The predicted octanol–water partition coefficient (Wildman–Crippen LogP) is 0.599. The van der Waals surface area contributed by atoms with E-state index in [0.29, 0.717) is 12.6 Å². The fraction of sp³-hybridized carbons (Fsp3) is 0.786. The van der Waals surface area contributed by atoms with Gasteiger partial charge in [-0.1, -0.05) is 6.42 Å². The van der Waals surface area contributed by atoms with Crippen LogP contribution in [-0.4, -0.2) is 42.1 Å². The average molecular weight is 297 g/mol. The van der Waals surface area contributed by atoms with Crippen molar-refractivity contribution >= 4 is 17.9 Å². The lowest BCUT2D eigenvalue weighted by molar-refractivity contribution is -0.141. The van der Waals surface area contributed by atoms with Gasteiger partial charge in [-0.05, 0) is 31.1 Å². The van der Waals surface area contributed by atoms with Gasteiger partial charge >= 0.3 is 12.0 Å². The van der Waals surface area contributed by atoms with E-state index in [1.807, 2.05) is 0 Å². The molecule has 2 saturated carbocycles. The van der Waals surface area contributed by atoms with Gasteiger partial charge in [0.15, 0.2) is 0 Å². The molecule has 0 aromatic carbocycles. The number of urea groups is 1. The molecule has 21 heavy (non-hydrogen) atoms. The Balaban J connectivity index is 1.58. The maximum atomic E-state index is 11.6.